The summed E-state index contributed by atoms with van der Waals surface area (Å²) < 4.78 is 25.8. The Morgan fingerprint density at radius 2 is 1.77 bits per heavy atom. The lowest BCUT2D eigenvalue weighted by Crippen LogP contribution is -2.73. The van der Waals surface area contributed by atoms with Gasteiger partial charge >= 0.3 is 6.03 Å². The van der Waals surface area contributed by atoms with Gasteiger partial charge in [-0.25, -0.2) is 14.1 Å². The van der Waals surface area contributed by atoms with E-state index in [0.717, 1.165) is 22.6 Å². The van der Waals surface area contributed by atoms with Crippen LogP contribution in [0.15, 0.2) is 42.5 Å². The summed E-state index contributed by atoms with van der Waals surface area (Å²) in [6.07, 6.45) is 1.60. The van der Waals surface area contributed by atoms with Crippen LogP contribution in [0.3, 0.4) is 0 Å². The summed E-state index contributed by atoms with van der Waals surface area (Å²) in [6, 6.07) is 10.8. The predicted molar refractivity (Wildman–Crippen MR) is 130 cm³/mol. The summed E-state index contributed by atoms with van der Waals surface area (Å²) in [4.78, 5) is 27.6. The van der Waals surface area contributed by atoms with E-state index in [-0.39, 0.29) is 23.3 Å². The highest BCUT2D eigenvalue weighted by molar-refractivity contribution is 6.03. The van der Waals surface area contributed by atoms with Crippen LogP contribution in [-0.2, 0) is 11.4 Å². The summed E-state index contributed by atoms with van der Waals surface area (Å²) in [5.74, 6) is 0.0281. The maximum absolute atomic E-state index is 14.2. The third kappa shape index (κ3) is 5.27. The van der Waals surface area contributed by atoms with Crippen molar-refractivity contribution in [3.05, 3.63) is 59.4 Å². The second-order valence-corrected chi connectivity index (χ2v) is 8.71. The molecule has 0 saturated carbocycles. The lowest BCUT2D eigenvalue weighted by molar-refractivity contribution is -0.191. The molecule has 1 aliphatic heterocycles. The van der Waals surface area contributed by atoms with Crippen LogP contribution < -0.4 is 14.8 Å². The number of imide groups is 1. The molecule has 0 bridgehead atoms. The highest BCUT2D eigenvalue weighted by Crippen LogP contribution is 2.46. The van der Waals surface area contributed by atoms with Crippen molar-refractivity contribution in [3.63, 3.8) is 0 Å². The van der Waals surface area contributed by atoms with Crippen molar-refractivity contribution in [2.75, 3.05) is 6.61 Å². The number of ether oxygens (including phenoxy) is 2. The maximum Gasteiger partial charge on any atom is 0.327 e. The number of aliphatic hydroxyl groups excluding tert-OH is 1. The van der Waals surface area contributed by atoms with Crippen LogP contribution in [0.4, 0.5) is 9.18 Å². The standard InChI is InChI=1S/C27H35FN2O5/c1-5-9-23(18-10-13-20(14-11-18)34-8-4)29-26(33)30-24(32)27(6-2,7-3)25(30)35-21-15-12-19(17-31)22(28)16-21/h10-16,23,25,31H,5-9,17H2,1-4H3,(H,29,33)/t23-,25+/m1/s1. The molecule has 3 amide bonds. The molecule has 0 radical (unpaired) electrons. The summed E-state index contributed by atoms with van der Waals surface area (Å²) >= 11 is 0. The number of rotatable bonds is 11. The highest BCUT2D eigenvalue weighted by atomic mass is 19.1. The van der Waals surface area contributed by atoms with Crippen molar-refractivity contribution in [2.45, 2.75) is 72.3 Å². The van der Waals surface area contributed by atoms with Crippen molar-refractivity contribution < 1.29 is 28.6 Å². The van der Waals surface area contributed by atoms with E-state index in [1.807, 2.05) is 52.0 Å². The minimum atomic E-state index is -0.872. The van der Waals surface area contributed by atoms with E-state index in [9.17, 15) is 19.1 Å². The Kier molecular flexibility index (Phi) is 8.72. The SMILES string of the molecule is CCC[C@@H](NC(=O)N1C(=O)C(CC)(CC)[C@@H]1Oc1ccc(CO)c(F)c1)c1ccc(OCC)cc1. The number of amides is 3. The topological polar surface area (TPSA) is 88.1 Å². The average molecular weight is 487 g/mol. The van der Waals surface area contributed by atoms with Crippen LogP contribution in [-0.4, -0.2) is 34.8 Å². The average Bonchev–Trinajstić information content (AvgIpc) is 2.85. The van der Waals surface area contributed by atoms with E-state index in [2.05, 4.69) is 5.32 Å². The van der Waals surface area contributed by atoms with Crippen molar-refractivity contribution in [3.8, 4) is 11.5 Å². The Morgan fingerprint density at radius 3 is 2.31 bits per heavy atom. The van der Waals surface area contributed by atoms with Crippen LogP contribution in [0.1, 0.15) is 70.5 Å². The van der Waals surface area contributed by atoms with Crippen molar-refractivity contribution in [1.29, 1.82) is 0 Å². The molecular formula is C27H35FN2O5. The van der Waals surface area contributed by atoms with Gasteiger partial charge in [-0.05, 0) is 49.9 Å². The first-order valence-electron chi connectivity index (χ1n) is 12.3. The van der Waals surface area contributed by atoms with Gasteiger partial charge in [-0.15, -0.1) is 0 Å². The van der Waals surface area contributed by atoms with Crippen LogP contribution in [0.2, 0.25) is 0 Å². The molecule has 0 unspecified atom stereocenters. The van der Waals surface area contributed by atoms with E-state index < -0.39 is 30.1 Å². The van der Waals surface area contributed by atoms with E-state index in [0.29, 0.717) is 25.9 Å². The van der Waals surface area contributed by atoms with Crippen LogP contribution in [0, 0.1) is 11.2 Å². The fourth-order valence-electron chi connectivity index (χ4n) is 4.55. The molecule has 2 atom stereocenters. The molecule has 1 aliphatic rings. The van der Waals surface area contributed by atoms with E-state index in [1.165, 1.54) is 18.2 Å². The van der Waals surface area contributed by atoms with Crippen LogP contribution in [0.25, 0.3) is 0 Å². The molecule has 190 valence electrons. The van der Waals surface area contributed by atoms with Gasteiger partial charge in [0.1, 0.15) is 22.7 Å². The minimum Gasteiger partial charge on any atom is -0.494 e. The number of likely N-dealkylation sites (tertiary alicyclic amines) is 1. The summed E-state index contributed by atoms with van der Waals surface area (Å²) in [5.41, 5.74) is 0.183. The number of hydrogen-bond acceptors (Lipinski definition) is 5. The first-order valence-corrected chi connectivity index (χ1v) is 12.3. The molecule has 1 saturated heterocycles. The van der Waals surface area contributed by atoms with Crippen LogP contribution in [0.5, 0.6) is 11.5 Å². The second kappa shape index (κ2) is 11.5. The summed E-state index contributed by atoms with van der Waals surface area (Å²) in [7, 11) is 0. The Morgan fingerprint density at radius 1 is 1.11 bits per heavy atom. The van der Waals surface area contributed by atoms with E-state index in [1.54, 1.807) is 0 Å². The van der Waals surface area contributed by atoms with E-state index >= 15 is 0 Å². The number of benzene rings is 2. The van der Waals surface area contributed by atoms with Crippen LogP contribution >= 0.6 is 0 Å². The zero-order valence-corrected chi connectivity index (χ0v) is 20.8. The van der Waals surface area contributed by atoms with Gasteiger partial charge in [0, 0.05) is 11.6 Å². The van der Waals surface area contributed by atoms with Gasteiger partial charge in [0.25, 0.3) is 0 Å². The third-order valence-corrected chi connectivity index (χ3v) is 6.74. The van der Waals surface area contributed by atoms with Crippen molar-refractivity contribution in [1.82, 2.24) is 10.2 Å². The molecule has 2 N–H and O–H groups in total. The Labute approximate surface area is 206 Å². The smallest absolute Gasteiger partial charge is 0.327 e. The number of nitrogens with zero attached hydrogens (tertiary/aromatic N) is 1. The molecule has 0 aliphatic carbocycles. The molecule has 7 nitrogen and oxygen atoms in total. The molecule has 35 heavy (non-hydrogen) atoms. The minimum absolute atomic E-state index is 0.145. The van der Waals surface area contributed by atoms with Crippen molar-refractivity contribution in [2.24, 2.45) is 5.41 Å². The number of β-lactam (4-membered cyclic amide) rings is 1. The number of nitrogens with one attached hydrogen (secondary N) is 1. The number of carbonyl (C=O) groups is 2. The fraction of sp³-hybridized carbons (Fsp3) is 0.481. The number of hydrogen-bond donors (Lipinski definition) is 2. The third-order valence-electron chi connectivity index (χ3n) is 6.74. The predicted octanol–water partition coefficient (Wildman–Crippen LogP) is 5.32. The Balaban J connectivity index is 1.83. The largest absolute Gasteiger partial charge is 0.494 e. The molecule has 1 heterocycles. The quantitative estimate of drug-likeness (QED) is 0.420. The lowest BCUT2D eigenvalue weighted by atomic mass is 9.72. The molecule has 0 aromatic heterocycles. The molecular weight excluding hydrogens is 451 g/mol. The molecule has 2 aromatic rings. The summed E-state index contributed by atoms with van der Waals surface area (Å²) in [6.45, 7) is 7.83. The second-order valence-electron chi connectivity index (χ2n) is 8.71. The molecule has 8 heteroatoms. The zero-order valence-electron chi connectivity index (χ0n) is 20.8. The molecule has 1 fully saturated rings. The normalized spacial score (nSPS) is 17.5. The Bertz CT molecular complexity index is 1020. The summed E-state index contributed by atoms with van der Waals surface area (Å²) in [5, 5.41) is 12.2. The first kappa shape index (κ1) is 26.5. The van der Waals surface area contributed by atoms with Gasteiger partial charge in [0.15, 0.2) is 6.23 Å². The van der Waals surface area contributed by atoms with E-state index in [4.69, 9.17) is 9.47 Å². The van der Waals surface area contributed by atoms with Gasteiger partial charge < -0.3 is 19.9 Å². The van der Waals surface area contributed by atoms with Gasteiger partial charge in [0.05, 0.1) is 19.3 Å². The van der Waals surface area contributed by atoms with Gasteiger partial charge in [-0.2, -0.15) is 0 Å². The van der Waals surface area contributed by atoms with Crippen molar-refractivity contribution >= 4 is 11.9 Å². The molecule has 0 spiro atoms. The van der Waals surface area contributed by atoms with Gasteiger partial charge in [-0.3, -0.25) is 4.79 Å². The fourth-order valence-corrected chi connectivity index (χ4v) is 4.55. The maximum atomic E-state index is 14.2. The van der Waals surface area contributed by atoms with Gasteiger partial charge in [-0.1, -0.05) is 45.4 Å². The number of urea groups is 1. The number of halogens is 1. The number of aliphatic hydroxyl groups is 1. The zero-order chi connectivity index (χ0) is 25.6. The molecule has 2 aromatic carbocycles. The monoisotopic (exact) mass is 486 g/mol. The number of carbonyl (C=O) groups excluding carboxylic acids is 2. The lowest BCUT2D eigenvalue weighted by Gasteiger charge is -2.53. The Hall–Kier alpha value is -3.13. The highest BCUT2D eigenvalue weighted by Gasteiger charge is 2.63. The first-order chi connectivity index (χ1) is 16.8. The van der Waals surface area contributed by atoms with Gasteiger partial charge in [0.2, 0.25) is 5.91 Å². The molecule has 3 rings (SSSR count).